The first-order valence-corrected chi connectivity index (χ1v) is 9.66. The molecule has 0 aliphatic carbocycles. The molecule has 0 unspecified atom stereocenters. The van der Waals surface area contributed by atoms with E-state index in [2.05, 4.69) is 26.1 Å². The van der Waals surface area contributed by atoms with E-state index in [9.17, 15) is 4.79 Å². The van der Waals surface area contributed by atoms with Crippen molar-refractivity contribution in [3.63, 3.8) is 0 Å². The van der Waals surface area contributed by atoms with Gasteiger partial charge in [0.05, 0.1) is 24.4 Å². The van der Waals surface area contributed by atoms with Gasteiger partial charge in [0.15, 0.2) is 0 Å². The van der Waals surface area contributed by atoms with Gasteiger partial charge in [0.25, 0.3) is 5.91 Å². The summed E-state index contributed by atoms with van der Waals surface area (Å²) in [5, 5.41) is 7.21. The molecule has 4 rings (SSSR count). The predicted molar refractivity (Wildman–Crippen MR) is 101 cm³/mol. The molecule has 1 aromatic heterocycles. The number of halogens is 1. The summed E-state index contributed by atoms with van der Waals surface area (Å²) in [6, 6.07) is 9.67. The van der Waals surface area contributed by atoms with E-state index in [1.54, 1.807) is 0 Å². The number of nitrogens with one attached hydrogen (secondary N) is 1. The molecule has 138 valence electrons. The molecular weight excluding hydrogens is 398 g/mol. The zero-order valence-corrected chi connectivity index (χ0v) is 16.5. The number of ether oxygens (including phenoxy) is 2. The summed E-state index contributed by atoms with van der Waals surface area (Å²) in [6.07, 6.45) is 0.779. The summed E-state index contributed by atoms with van der Waals surface area (Å²) in [4.78, 5) is 14.9. The number of amides is 1. The van der Waals surface area contributed by atoms with Crippen LogP contribution in [0, 0.1) is 0 Å². The molecule has 7 heteroatoms. The topological polar surface area (TPSA) is 67.5 Å². The summed E-state index contributed by atoms with van der Waals surface area (Å²) in [6.45, 7) is 5.82. The lowest BCUT2D eigenvalue weighted by atomic mass is 9.93. The molecular formula is C19H22BrN3O3. The third-order valence-electron chi connectivity index (χ3n) is 5.24. The Morgan fingerprint density at radius 3 is 2.81 bits per heavy atom. The first kappa shape index (κ1) is 17.7. The molecule has 1 aromatic carbocycles. The van der Waals surface area contributed by atoms with Crippen molar-refractivity contribution in [1.82, 2.24) is 15.1 Å². The Kier molecular flexibility index (Phi) is 4.62. The smallest absolute Gasteiger partial charge is 0.272 e. The van der Waals surface area contributed by atoms with Crippen molar-refractivity contribution in [2.24, 2.45) is 0 Å². The van der Waals surface area contributed by atoms with Crippen LogP contribution >= 0.6 is 15.9 Å². The largest absolute Gasteiger partial charge is 0.375 e. The highest BCUT2D eigenvalue weighted by Crippen LogP contribution is 2.35. The van der Waals surface area contributed by atoms with Crippen LogP contribution in [0.25, 0.3) is 11.3 Å². The fourth-order valence-electron chi connectivity index (χ4n) is 3.82. The van der Waals surface area contributed by atoms with Crippen molar-refractivity contribution >= 4 is 21.8 Å². The van der Waals surface area contributed by atoms with Crippen LogP contribution in [0.2, 0.25) is 0 Å². The van der Waals surface area contributed by atoms with E-state index in [-0.39, 0.29) is 18.1 Å². The minimum Gasteiger partial charge on any atom is -0.375 e. The van der Waals surface area contributed by atoms with Crippen LogP contribution in [-0.2, 0) is 9.47 Å². The third kappa shape index (κ3) is 3.19. The highest BCUT2D eigenvalue weighted by atomic mass is 79.9. The Bertz CT molecular complexity index is 807. The number of hydrogen-bond acceptors (Lipinski definition) is 4. The van der Waals surface area contributed by atoms with E-state index in [0.717, 1.165) is 22.2 Å². The molecule has 2 aliphatic rings. The first-order chi connectivity index (χ1) is 12.5. The second kappa shape index (κ2) is 6.79. The Balaban J connectivity index is 1.55. The van der Waals surface area contributed by atoms with Crippen LogP contribution in [-0.4, -0.2) is 58.5 Å². The van der Waals surface area contributed by atoms with Crippen LogP contribution in [0.3, 0.4) is 0 Å². The number of carbonyl (C=O) groups is 1. The fraction of sp³-hybridized carbons (Fsp3) is 0.474. The summed E-state index contributed by atoms with van der Waals surface area (Å²) in [7, 11) is 0. The summed E-state index contributed by atoms with van der Waals surface area (Å²) in [5.41, 5.74) is 1.82. The van der Waals surface area contributed by atoms with Crippen molar-refractivity contribution in [3.8, 4) is 11.3 Å². The van der Waals surface area contributed by atoms with E-state index >= 15 is 0 Å². The monoisotopic (exact) mass is 419 g/mol. The number of hydrogen-bond donors (Lipinski definition) is 1. The second-order valence-corrected chi connectivity index (χ2v) is 8.03. The molecule has 0 bridgehead atoms. The third-order valence-corrected chi connectivity index (χ3v) is 5.77. The van der Waals surface area contributed by atoms with Crippen molar-refractivity contribution < 1.29 is 14.3 Å². The molecule has 6 nitrogen and oxygen atoms in total. The summed E-state index contributed by atoms with van der Waals surface area (Å²) >= 11 is 3.43. The maximum atomic E-state index is 13.0. The Morgan fingerprint density at radius 1 is 1.35 bits per heavy atom. The van der Waals surface area contributed by atoms with Crippen LogP contribution in [0.15, 0.2) is 34.8 Å². The molecule has 1 spiro atoms. The van der Waals surface area contributed by atoms with E-state index in [1.807, 2.05) is 49.1 Å². The maximum Gasteiger partial charge on any atom is 0.272 e. The van der Waals surface area contributed by atoms with E-state index in [0.29, 0.717) is 25.4 Å². The summed E-state index contributed by atoms with van der Waals surface area (Å²) in [5.74, 6) is -0.0468. The van der Waals surface area contributed by atoms with Gasteiger partial charge >= 0.3 is 0 Å². The van der Waals surface area contributed by atoms with Crippen molar-refractivity contribution in [2.45, 2.75) is 38.1 Å². The van der Waals surface area contributed by atoms with Gasteiger partial charge in [0.2, 0.25) is 0 Å². The lowest BCUT2D eigenvalue weighted by Gasteiger charge is -2.44. The number of rotatable bonds is 2. The number of aromatic nitrogens is 2. The zero-order chi connectivity index (χ0) is 18.3. The molecule has 2 fully saturated rings. The van der Waals surface area contributed by atoms with E-state index in [4.69, 9.17) is 9.47 Å². The number of H-pyrrole nitrogens is 1. The number of morpholine rings is 1. The molecule has 1 N–H and O–H groups in total. The van der Waals surface area contributed by atoms with Crippen molar-refractivity contribution in [2.75, 3.05) is 19.7 Å². The lowest BCUT2D eigenvalue weighted by molar-refractivity contribution is -0.160. The van der Waals surface area contributed by atoms with Gasteiger partial charge in [-0.3, -0.25) is 9.89 Å². The summed E-state index contributed by atoms with van der Waals surface area (Å²) < 4.78 is 12.9. The van der Waals surface area contributed by atoms with Crippen molar-refractivity contribution in [3.05, 3.63) is 40.5 Å². The Labute approximate surface area is 161 Å². The van der Waals surface area contributed by atoms with Gasteiger partial charge in [0.1, 0.15) is 11.3 Å². The molecule has 2 saturated heterocycles. The molecule has 0 radical (unpaired) electrons. The molecule has 2 aromatic rings. The second-order valence-electron chi connectivity index (χ2n) is 7.12. The lowest BCUT2D eigenvalue weighted by Crippen LogP contribution is -2.59. The highest BCUT2D eigenvalue weighted by molar-refractivity contribution is 9.10. The minimum atomic E-state index is -0.401. The van der Waals surface area contributed by atoms with Gasteiger partial charge in [-0.25, -0.2) is 0 Å². The SMILES string of the molecule is C[C@@H]1CN(C(=O)c2cc(-c3ccc(Br)cc3)n[nH]2)C[C@]2(CCO[C@H]2C)O1. The van der Waals surface area contributed by atoms with E-state index < -0.39 is 5.60 Å². The number of carbonyl (C=O) groups excluding carboxylic acids is 1. The average molecular weight is 420 g/mol. The molecule has 2 aliphatic heterocycles. The molecule has 3 heterocycles. The molecule has 1 amide bonds. The van der Waals surface area contributed by atoms with Crippen LogP contribution in [0.5, 0.6) is 0 Å². The van der Waals surface area contributed by atoms with Crippen LogP contribution < -0.4 is 0 Å². The normalized spacial score (nSPS) is 28.7. The number of nitrogens with zero attached hydrogens (tertiary/aromatic N) is 2. The highest BCUT2D eigenvalue weighted by Gasteiger charge is 2.49. The van der Waals surface area contributed by atoms with Gasteiger partial charge < -0.3 is 14.4 Å². The van der Waals surface area contributed by atoms with Gasteiger partial charge in [0, 0.05) is 29.6 Å². The van der Waals surface area contributed by atoms with Gasteiger partial charge in [-0.2, -0.15) is 5.10 Å². The fourth-order valence-corrected chi connectivity index (χ4v) is 4.09. The van der Waals surface area contributed by atoms with Gasteiger partial charge in [-0.1, -0.05) is 28.1 Å². The predicted octanol–water partition coefficient (Wildman–Crippen LogP) is 3.25. The Hall–Kier alpha value is -1.70. The molecule has 26 heavy (non-hydrogen) atoms. The van der Waals surface area contributed by atoms with Crippen molar-refractivity contribution in [1.29, 1.82) is 0 Å². The van der Waals surface area contributed by atoms with Gasteiger partial charge in [-0.15, -0.1) is 0 Å². The van der Waals surface area contributed by atoms with Gasteiger partial charge in [-0.05, 0) is 32.0 Å². The molecule has 0 saturated carbocycles. The number of benzene rings is 1. The average Bonchev–Trinajstić information content (AvgIpc) is 3.23. The standard InChI is InChI=1S/C19H22BrN3O3/c1-12-10-23(11-19(26-12)7-8-25-13(19)2)18(24)17-9-16(21-22-17)14-3-5-15(20)6-4-14/h3-6,9,12-13H,7-8,10-11H2,1-2H3,(H,21,22)/t12-,13+,19+/m1/s1. The van der Waals surface area contributed by atoms with E-state index in [1.165, 1.54) is 0 Å². The minimum absolute atomic E-state index is 0.0133. The first-order valence-electron chi connectivity index (χ1n) is 8.87. The number of aromatic amines is 1. The molecule has 3 atom stereocenters. The maximum absolute atomic E-state index is 13.0. The van der Waals surface area contributed by atoms with Crippen LogP contribution in [0.4, 0.5) is 0 Å². The quantitative estimate of drug-likeness (QED) is 0.810. The van der Waals surface area contributed by atoms with Crippen LogP contribution in [0.1, 0.15) is 30.8 Å². The zero-order valence-electron chi connectivity index (χ0n) is 14.9. The Morgan fingerprint density at radius 2 is 2.12 bits per heavy atom.